The summed E-state index contributed by atoms with van der Waals surface area (Å²) >= 11 is 0. The van der Waals surface area contributed by atoms with Crippen LogP contribution in [0.15, 0.2) is 120 Å². The van der Waals surface area contributed by atoms with Crippen molar-refractivity contribution in [2.24, 2.45) is 22.9 Å². The van der Waals surface area contributed by atoms with Gasteiger partial charge in [0.25, 0.3) is 0 Å². The third-order valence-electron chi connectivity index (χ3n) is 5.66. The Kier molecular flexibility index (Phi) is 17.1. The maximum absolute atomic E-state index is 9.67. The van der Waals surface area contributed by atoms with E-state index < -0.39 is 0 Å². The van der Waals surface area contributed by atoms with E-state index in [-0.39, 0.29) is 73.2 Å². The maximum atomic E-state index is 9.67. The maximum Gasteiger partial charge on any atom is 1.00 e. The zero-order chi connectivity index (χ0) is 29.1. The first-order valence-corrected chi connectivity index (χ1v) is 12.2. The van der Waals surface area contributed by atoms with Crippen LogP contribution in [0.5, 0.6) is 23.0 Å². The Balaban J connectivity index is 0.000000767. The van der Waals surface area contributed by atoms with Crippen LogP contribution in [0.1, 0.15) is 22.3 Å². The molecule has 0 heterocycles. The number of phenolic OH excluding ortho intramolecular Hbond substituents is 4. The van der Waals surface area contributed by atoms with Crippen LogP contribution in [0.2, 0.25) is 0 Å². The van der Waals surface area contributed by atoms with Crippen LogP contribution >= 0.6 is 0 Å². The van der Waals surface area contributed by atoms with Gasteiger partial charge in [-0.3, -0.25) is 0 Å². The molecule has 0 radical (unpaired) electrons. The number of para-hydroxylation sites is 4. The predicted octanol–water partition coefficient (Wildman–Crippen LogP) is 4.67. The van der Waals surface area contributed by atoms with Crippen molar-refractivity contribution in [1.82, 2.24) is 0 Å². The van der Waals surface area contributed by atoms with E-state index in [1.165, 1.54) is 0 Å². The molecule has 0 amide bonds. The van der Waals surface area contributed by atoms with Gasteiger partial charge in [0.2, 0.25) is 0 Å². The van der Waals surface area contributed by atoms with Crippen molar-refractivity contribution in [2.45, 2.75) is 0 Å². The molecule has 232 valence electrons. The molecule has 12 N–H and O–H groups in total. The van der Waals surface area contributed by atoms with E-state index in [4.69, 9.17) is 22.9 Å². The minimum absolute atomic E-state index is 0. The Bertz CT molecular complexity index is 1370. The van der Waals surface area contributed by atoms with Crippen molar-refractivity contribution in [1.29, 1.82) is 0 Å². The molecule has 4 rings (SSSR count). The van der Waals surface area contributed by atoms with Crippen LogP contribution in [0.4, 0.5) is 0 Å². The monoisotopic (exact) mass is 766 g/mol. The fourth-order valence-corrected chi connectivity index (χ4v) is 3.44. The largest absolute Gasteiger partial charge is 2.00 e. The molecular weight excluding hydrogens is 736 g/mol. The van der Waals surface area contributed by atoms with Gasteiger partial charge < -0.3 is 48.8 Å². The van der Waals surface area contributed by atoms with E-state index in [1.807, 2.05) is 0 Å². The van der Waals surface area contributed by atoms with Crippen LogP contribution in [0, 0.1) is 0 Å². The molecule has 0 aliphatic carbocycles. The molecule has 0 fully saturated rings. The van der Waals surface area contributed by atoms with Gasteiger partial charge in [0.1, 0.15) is 23.0 Å². The summed E-state index contributed by atoms with van der Waals surface area (Å²) in [4.78, 5) is 0. The predicted molar refractivity (Wildman–Crippen MR) is 162 cm³/mol. The molecule has 0 atom stereocenters. The molecule has 0 aliphatic heterocycles. The zero-order valence-electron chi connectivity index (χ0n) is 22.7. The minimum atomic E-state index is 0. The molecule has 0 spiro atoms. The molecule has 0 saturated heterocycles. The SMILES string of the molecule is NC(=Cc1ccccc1O)C(N)=Cc1ccccc1O.NC(=Cc1ccccc1O)C(N)=Cc1ccccc1O.[Ag+].[Ag+].[O-2]. The van der Waals surface area contributed by atoms with E-state index in [9.17, 15) is 20.4 Å². The fourth-order valence-electron chi connectivity index (χ4n) is 3.44. The molecule has 11 heteroatoms. The fraction of sp³-hybridized carbons (Fsp3) is 0. The molecule has 43 heavy (non-hydrogen) atoms. The smallest absolute Gasteiger partial charge is 1.00 e. The topological polar surface area (TPSA) is 214 Å². The second kappa shape index (κ2) is 19.0. The first-order chi connectivity index (χ1) is 19.2. The number of hydrogen-bond acceptors (Lipinski definition) is 8. The van der Waals surface area contributed by atoms with Crippen molar-refractivity contribution in [2.75, 3.05) is 0 Å². The van der Waals surface area contributed by atoms with Gasteiger partial charge in [0.15, 0.2) is 0 Å². The van der Waals surface area contributed by atoms with Gasteiger partial charge in [-0.05, 0) is 48.6 Å². The summed E-state index contributed by atoms with van der Waals surface area (Å²) in [6, 6.07) is 27.3. The van der Waals surface area contributed by atoms with Gasteiger partial charge >= 0.3 is 44.8 Å². The molecule has 0 aromatic heterocycles. The number of rotatable bonds is 6. The van der Waals surface area contributed by atoms with E-state index >= 15 is 0 Å². The van der Waals surface area contributed by atoms with Gasteiger partial charge in [0.05, 0.1) is 22.8 Å². The molecular formula is C32H32Ag2N4O5. The van der Waals surface area contributed by atoms with E-state index in [0.717, 1.165) is 0 Å². The Hall–Kier alpha value is -4.32. The van der Waals surface area contributed by atoms with Crippen LogP contribution < -0.4 is 22.9 Å². The van der Waals surface area contributed by atoms with E-state index in [0.29, 0.717) is 45.0 Å². The Morgan fingerprint density at radius 1 is 0.372 bits per heavy atom. The molecule has 0 unspecified atom stereocenters. The first-order valence-electron chi connectivity index (χ1n) is 12.2. The summed E-state index contributed by atoms with van der Waals surface area (Å²) in [5, 5.41) is 38.7. The van der Waals surface area contributed by atoms with Crippen molar-refractivity contribution >= 4 is 24.3 Å². The summed E-state index contributed by atoms with van der Waals surface area (Å²) in [5.74, 6) is 0.522. The molecule has 4 aromatic carbocycles. The zero-order valence-corrected chi connectivity index (χ0v) is 25.6. The van der Waals surface area contributed by atoms with Gasteiger partial charge in [0, 0.05) is 22.3 Å². The summed E-state index contributed by atoms with van der Waals surface area (Å²) in [7, 11) is 0. The van der Waals surface area contributed by atoms with Gasteiger partial charge in [-0.1, -0.05) is 72.8 Å². The normalized spacial score (nSPS) is 11.5. The van der Waals surface area contributed by atoms with Crippen LogP contribution in [-0.4, -0.2) is 20.4 Å². The summed E-state index contributed by atoms with van der Waals surface area (Å²) < 4.78 is 0. The standard InChI is InChI=1S/2C16H16N2O2.2Ag.O/c2*17-13(9-11-5-1-3-7-15(11)19)14(18)10-12-6-2-4-8-16(12)20;;;/h2*1-10,19-20H,17-18H2;;;/q;;2*+1;-2. The number of nitrogens with two attached hydrogens (primary N) is 4. The Labute approximate surface area is 281 Å². The molecule has 9 nitrogen and oxygen atoms in total. The molecule has 0 aliphatic rings. The van der Waals surface area contributed by atoms with Crippen LogP contribution in [-0.2, 0) is 50.2 Å². The minimum Gasteiger partial charge on any atom is -2.00 e. The molecule has 0 bridgehead atoms. The van der Waals surface area contributed by atoms with Crippen molar-refractivity contribution in [3.63, 3.8) is 0 Å². The Morgan fingerprint density at radius 3 is 0.698 bits per heavy atom. The number of aromatic hydroxyl groups is 4. The first kappa shape index (κ1) is 38.7. The van der Waals surface area contributed by atoms with Crippen LogP contribution in [0.25, 0.3) is 24.3 Å². The van der Waals surface area contributed by atoms with Crippen molar-refractivity contribution in [3.05, 3.63) is 142 Å². The average Bonchev–Trinajstić information content (AvgIpc) is 2.94. The molecule has 0 saturated carbocycles. The molecule has 4 aromatic rings. The third kappa shape index (κ3) is 11.8. The number of hydrogen-bond donors (Lipinski definition) is 8. The van der Waals surface area contributed by atoms with E-state index in [2.05, 4.69) is 0 Å². The van der Waals surface area contributed by atoms with Gasteiger partial charge in [-0.2, -0.15) is 0 Å². The second-order valence-corrected chi connectivity index (χ2v) is 8.63. The average molecular weight is 768 g/mol. The number of phenols is 4. The van der Waals surface area contributed by atoms with Crippen LogP contribution in [0.3, 0.4) is 0 Å². The Morgan fingerprint density at radius 2 is 0.535 bits per heavy atom. The quantitative estimate of drug-likeness (QED) is 0.102. The van der Waals surface area contributed by atoms with Crippen molar-refractivity contribution in [3.8, 4) is 23.0 Å². The van der Waals surface area contributed by atoms with E-state index in [1.54, 1.807) is 121 Å². The summed E-state index contributed by atoms with van der Waals surface area (Å²) in [6.45, 7) is 0. The number of benzene rings is 4. The van der Waals surface area contributed by atoms with Gasteiger partial charge in [-0.15, -0.1) is 0 Å². The van der Waals surface area contributed by atoms with Crippen molar-refractivity contribution < 1.29 is 70.7 Å². The summed E-state index contributed by atoms with van der Waals surface area (Å²) in [5.41, 5.74) is 27.2. The summed E-state index contributed by atoms with van der Waals surface area (Å²) in [6.07, 6.45) is 6.34. The second-order valence-electron chi connectivity index (χ2n) is 8.63. The van der Waals surface area contributed by atoms with Gasteiger partial charge in [-0.25, -0.2) is 0 Å². The third-order valence-corrected chi connectivity index (χ3v) is 5.66.